The number of imide groups is 1. The molecule has 0 radical (unpaired) electrons. The molecule has 1 N–H and O–H groups in total. The lowest BCUT2D eigenvalue weighted by Crippen LogP contribution is -2.43. The summed E-state index contributed by atoms with van der Waals surface area (Å²) in [5.41, 5.74) is 1.90. The van der Waals surface area contributed by atoms with Crippen molar-refractivity contribution in [3.05, 3.63) is 65.4 Å². The fourth-order valence-electron chi connectivity index (χ4n) is 3.86. The second-order valence-corrected chi connectivity index (χ2v) is 7.62. The summed E-state index contributed by atoms with van der Waals surface area (Å²) in [4.78, 5) is 31.4. The van der Waals surface area contributed by atoms with Crippen molar-refractivity contribution in [2.75, 3.05) is 45.2 Å². The Bertz CT molecular complexity index is 992. The summed E-state index contributed by atoms with van der Waals surface area (Å²) >= 11 is 0. The average Bonchev–Trinajstić information content (AvgIpc) is 2.98. The van der Waals surface area contributed by atoms with Crippen molar-refractivity contribution in [1.29, 1.82) is 0 Å². The number of aliphatic hydroxyl groups excluding tert-OH is 1. The molecule has 2 heterocycles. The van der Waals surface area contributed by atoms with Crippen LogP contribution in [0.5, 0.6) is 5.75 Å². The van der Waals surface area contributed by atoms with Gasteiger partial charge in [-0.25, -0.2) is 4.90 Å². The molecule has 0 unspecified atom stereocenters. The number of anilines is 1. The SMILES string of the molecule is COc1ccccc1C1=C(O)C(=O)N(c2ccc(CN3CCN(C)CC3)cc2)C1=O. The predicted molar refractivity (Wildman–Crippen MR) is 114 cm³/mol. The third-order valence-corrected chi connectivity index (χ3v) is 5.63. The zero-order valence-electron chi connectivity index (χ0n) is 17.2. The van der Waals surface area contributed by atoms with Gasteiger partial charge < -0.3 is 14.7 Å². The van der Waals surface area contributed by atoms with Crippen molar-refractivity contribution in [3.8, 4) is 5.75 Å². The van der Waals surface area contributed by atoms with E-state index < -0.39 is 17.6 Å². The molecular weight excluding hydrogens is 382 g/mol. The first kappa shape index (κ1) is 20.1. The summed E-state index contributed by atoms with van der Waals surface area (Å²) in [5.74, 6) is -1.43. The normalized spacial score (nSPS) is 18.4. The van der Waals surface area contributed by atoms with Crippen molar-refractivity contribution < 1.29 is 19.4 Å². The minimum Gasteiger partial charge on any atom is -0.502 e. The van der Waals surface area contributed by atoms with Crippen LogP contribution in [0.1, 0.15) is 11.1 Å². The third kappa shape index (κ3) is 3.69. The molecule has 0 aromatic heterocycles. The summed E-state index contributed by atoms with van der Waals surface area (Å²) < 4.78 is 5.29. The lowest BCUT2D eigenvalue weighted by molar-refractivity contribution is -0.121. The van der Waals surface area contributed by atoms with E-state index in [4.69, 9.17) is 4.74 Å². The number of hydrogen-bond acceptors (Lipinski definition) is 6. The number of ether oxygens (including phenoxy) is 1. The van der Waals surface area contributed by atoms with Crippen molar-refractivity contribution in [3.63, 3.8) is 0 Å². The quantitative estimate of drug-likeness (QED) is 0.767. The van der Waals surface area contributed by atoms with Crippen LogP contribution in [0, 0.1) is 0 Å². The van der Waals surface area contributed by atoms with Crippen LogP contribution in [0.15, 0.2) is 54.3 Å². The zero-order valence-corrected chi connectivity index (χ0v) is 17.2. The number of carbonyl (C=O) groups is 2. The Balaban J connectivity index is 1.54. The van der Waals surface area contributed by atoms with E-state index in [0.717, 1.165) is 43.2 Å². The molecule has 2 aliphatic rings. The van der Waals surface area contributed by atoms with Crippen LogP contribution in [-0.4, -0.2) is 67.1 Å². The number of piperazine rings is 1. The second kappa shape index (κ2) is 8.30. The van der Waals surface area contributed by atoms with E-state index in [0.29, 0.717) is 17.0 Å². The number of aliphatic hydroxyl groups is 1. The first-order valence-corrected chi connectivity index (χ1v) is 9.95. The van der Waals surface area contributed by atoms with E-state index >= 15 is 0 Å². The van der Waals surface area contributed by atoms with Crippen molar-refractivity contribution >= 4 is 23.1 Å². The zero-order chi connectivity index (χ0) is 21.3. The highest BCUT2D eigenvalue weighted by Gasteiger charge is 2.41. The van der Waals surface area contributed by atoms with Gasteiger partial charge in [0.05, 0.1) is 18.4 Å². The van der Waals surface area contributed by atoms with Crippen LogP contribution in [0.4, 0.5) is 5.69 Å². The summed E-state index contributed by atoms with van der Waals surface area (Å²) in [6, 6.07) is 14.2. The van der Waals surface area contributed by atoms with Crippen molar-refractivity contribution in [2.24, 2.45) is 0 Å². The topological polar surface area (TPSA) is 73.3 Å². The molecular formula is C23H25N3O4. The van der Waals surface area contributed by atoms with Crippen molar-refractivity contribution in [1.82, 2.24) is 9.80 Å². The first-order valence-electron chi connectivity index (χ1n) is 9.95. The fraction of sp³-hybridized carbons (Fsp3) is 0.304. The maximum absolute atomic E-state index is 13.0. The molecule has 156 valence electrons. The molecule has 2 aromatic carbocycles. The Morgan fingerprint density at radius 2 is 1.60 bits per heavy atom. The molecule has 30 heavy (non-hydrogen) atoms. The minimum absolute atomic E-state index is 0.0426. The molecule has 0 bridgehead atoms. The molecule has 1 saturated heterocycles. The van der Waals surface area contributed by atoms with Crippen LogP contribution in [0.2, 0.25) is 0 Å². The molecule has 0 aliphatic carbocycles. The van der Waals surface area contributed by atoms with E-state index in [1.165, 1.54) is 7.11 Å². The number of rotatable bonds is 5. The largest absolute Gasteiger partial charge is 0.502 e. The van der Waals surface area contributed by atoms with Gasteiger partial charge >= 0.3 is 5.91 Å². The summed E-state index contributed by atoms with van der Waals surface area (Å²) in [7, 11) is 3.60. The molecule has 0 atom stereocenters. The maximum atomic E-state index is 13.0. The maximum Gasteiger partial charge on any atom is 0.301 e. The van der Waals surface area contributed by atoms with Crippen LogP contribution in [-0.2, 0) is 16.1 Å². The molecule has 7 heteroatoms. The third-order valence-electron chi connectivity index (χ3n) is 5.63. The molecule has 2 aromatic rings. The van der Waals surface area contributed by atoms with Gasteiger partial charge in [-0.1, -0.05) is 30.3 Å². The summed E-state index contributed by atoms with van der Waals surface area (Å²) in [6.07, 6.45) is 0. The average molecular weight is 407 g/mol. The standard InChI is InChI=1S/C23H25N3O4/c1-24-11-13-25(14-12-24)15-16-7-9-17(10-8-16)26-22(28)20(21(27)23(26)29)18-5-3-4-6-19(18)30-2/h3-10,27H,11-15H2,1-2H3. The smallest absolute Gasteiger partial charge is 0.301 e. The van der Waals surface area contributed by atoms with Gasteiger partial charge in [-0.15, -0.1) is 0 Å². The van der Waals surface area contributed by atoms with Gasteiger partial charge in [-0.3, -0.25) is 14.5 Å². The van der Waals surface area contributed by atoms with E-state index in [-0.39, 0.29) is 5.57 Å². The van der Waals surface area contributed by atoms with Crippen LogP contribution in [0.25, 0.3) is 5.57 Å². The van der Waals surface area contributed by atoms with Crippen molar-refractivity contribution in [2.45, 2.75) is 6.54 Å². The highest BCUT2D eigenvalue weighted by Crippen LogP contribution is 2.35. The Hall–Kier alpha value is -3.16. The van der Waals surface area contributed by atoms with Crippen LogP contribution in [0.3, 0.4) is 0 Å². The Morgan fingerprint density at radius 3 is 2.27 bits per heavy atom. The lowest BCUT2D eigenvalue weighted by Gasteiger charge is -2.32. The lowest BCUT2D eigenvalue weighted by atomic mass is 10.0. The number of nitrogens with zero attached hydrogens (tertiary/aromatic N) is 3. The Morgan fingerprint density at radius 1 is 0.933 bits per heavy atom. The second-order valence-electron chi connectivity index (χ2n) is 7.62. The van der Waals surface area contributed by atoms with E-state index in [2.05, 4.69) is 16.8 Å². The number of amides is 2. The molecule has 4 rings (SSSR count). The van der Waals surface area contributed by atoms with E-state index in [1.54, 1.807) is 36.4 Å². The molecule has 0 saturated carbocycles. The van der Waals surface area contributed by atoms with Gasteiger partial charge in [-0.05, 0) is 30.8 Å². The number of carbonyl (C=O) groups excluding carboxylic acids is 2. The van der Waals surface area contributed by atoms with Crippen LogP contribution >= 0.6 is 0 Å². The number of likely N-dealkylation sites (N-methyl/N-ethyl adjacent to an activating group) is 1. The van der Waals surface area contributed by atoms with Gasteiger partial charge in [0, 0.05) is 38.3 Å². The number of para-hydroxylation sites is 1. The minimum atomic E-state index is -0.729. The number of methoxy groups -OCH3 is 1. The monoisotopic (exact) mass is 407 g/mol. The molecule has 2 aliphatic heterocycles. The Labute approximate surface area is 175 Å². The molecule has 2 amide bonds. The summed E-state index contributed by atoms with van der Waals surface area (Å²) in [6.45, 7) is 4.95. The fourth-order valence-corrected chi connectivity index (χ4v) is 3.86. The van der Waals surface area contributed by atoms with Gasteiger partial charge in [0.2, 0.25) is 0 Å². The van der Waals surface area contributed by atoms with E-state index in [1.807, 2.05) is 12.1 Å². The highest BCUT2D eigenvalue weighted by molar-refractivity contribution is 6.45. The number of benzene rings is 2. The van der Waals surface area contributed by atoms with Gasteiger partial charge in [0.25, 0.3) is 5.91 Å². The van der Waals surface area contributed by atoms with Crippen LogP contribution < -0.4 is 9.64 Å². The highest BCUT2D eigenvalue weighted by atomic mass is 16.5. The van der Waals surface area contributed by atoms with Gasteiger partial charge in [0.1, 0.15) is 5.75 Å². The van der Waals surface area contributed by atoms with Gasteiger partial charge in [0.15, 0.2) is 5.76 Å². The summed E-state index contributed by atoms with van der Waals surface area (Å²) in [5, 5.41) is 10.4. The molecule has 0 spiro atoms. The van der Waals surface area contributed by atoms with Gasteiger partial charge in [-0.2, -0.15) is 0 Å². The Kier molecular flexibility index (Phi) is 5.57. The van der Waals surface area contributed by atoms with E-state index in [9.17, 15) is 14.7 Å². The predicted octanol–water partition coefficient (Wildman–Crippen LogP) is 2.29. The molecule has 1 fully saturated rings. The first-order chi connectivity index (χ1) is 14.5. The molecule has 7 nitrogen and oxygen atoms in total. The number of hydrogen-bond donors (Lipinski definition) is 1.